The van der Waals surface area contributed by atoms with Gasteiger partial charge in [0.15, 0.2) is 0 Å². The van der Waals surface area contributed by atoms with Gasteiger partial charge in [-0.15, -0.1) is 0 Å². The topological polar surface area (TPSA) is 99.5 Å². The number of hydrogen-bond acceptors (Lipinski definition) is 4. The molecule has 2 unspecified atom stereocenters. The minimum absolute atomic E-state index is 0.480. The number of aliphatic carboxylic acids is 2. The van der Waals surface area contributed by atoms with Crippen LogP contribution >= 0.6 is 0 Å². The average molecular weight is 250 g/mol. The summed E-state index contributed by atoms with van der Waals surface area (Å²) in [7, 11) is 0. The smallest absolute Gasteiger partial charge is 0.414 e. The molecule has 3 rings (SSSR count). The summed E-state index contributed by atoms with van der Waals surface area (Å²) in [6.07, 6.45) is 5.23. The Hall–Kier alpha value is -1.95. The van der Waals surface area contributed by atoms with Crippen molar-refractivity contribution in [2.75, 3.05) is 13.1 Å². The minimum Gasteiger partial charge on any atom is -0.473 e. The first-order valence-corrected chi connectivity index (χ1v) is 5.64. The number of carbonyl (C=O) groups is 2. The van der Waals surface area contributed by atoms with Crippen LogP contribution in [0.25, 0.3) is 0 Å². The molecule has 0 spiro atoms. The Balaban J connectivity index is 0.000000174. The number of nitrogens with one attached hydrogen (secondary N) is 1. The van der Waals surface area contributed by atoms with E-state index in [1.165, 1.54) is 18.5 Å². The first-order valence-electron chi connectivity index (χ1n) is 5.64. The van der Waals surface area contributed by atoms with Crippen LogP contribution in [-0.2, 0) is 15.0 Å². The summed E-state index contributed by atoms with van der Waals surface area (Å²) in [5.41, 5.74) is 1.91. The summed E-state index contributed by atoms with van der Waals surface area (Å²) < 4.78 is 0. The quantitative estimate of drug-likeness (QED) is 0.611. The van der Waals surface area contributed by atoms with Crippen molar-refractivity contribution in [1.29, 1.82) is 0 Å². The number of pyridine rings is 1. The lowest BCUT2D eigenvalue weighted by Crippen LogP contribution is -2.19. The predicted octanol–water partition coefficient (Wildman–Crippen LogP) is 0.0981. The van der Waals surface area contributed by atoms with E-state index in [4.69, 9.17) is 19.8 Å². The van der Waals surface area contributed by atoms with E-state index in [1.54, 1.807) is 0 Å². The maximum atomic E-state index is 9.10. The van der Waals surface area contributed by atoms with Crippen LogP contribution in [0, 0.1) is 5.92 Å². The first-order chi connectivity index (χ1) is 8.56. The van der Waals surface area contributed by atoms with E-state index in [-0.39, 0.29) is 0 Å². The summed E-state index contributed by atoms with van der Waals surface area (Å²) >= 11 is 0. The van der Waals surface area contributed by atoms with Gasteiger partial charge in [-0.2, -0.15) is 0 Å². The third-order valence-electron chi connectivity index (χ3n) is 3.48. The molecule has 0 amide bonds. The second-order valence-corrected chi connectivity index (χ2v) is 4.54. The molecule has 1 aromatic rings. The highest BCUT2D eigenvalue weighted by molar-refractivity contribution is 6.27. The van der Waals surface area contributed by atoms with E-state index in [9.17, 15) is 0 Å². The van der Waals surface area contributed by atoms with Gasteiger partial charge in [-0.05, 0) is 30.5 Å². The zero-order valence-electron chi connectivity index (χ0n) is 9.67. The van der Waals surface area contributed by atoms with Crippen LogP contribution < -0.4 is 5.32 Å². The van der Waals surface area contributed by atoms with E-state index in [2.05, 4.69) is 16.4 Å². The van der Waals surface area contributed by atoms with Crippen LogP contribution in [0.15, 0.2) is 24.5 Å². The van der Waals surface area contributed by atoms with E-state index >= 15 is 0 Å². The second-order valence-electron chi connectivity index (χ2n) is 4.54. The molecule has 1 aliphatic carbocycles. The van der Waals surface area contributed by atoms with E-state index in [0.29, 0.717) is 5.41 Å². The molecule has 1 aromatic heterocycles. The number of rotatable bonds is 1. The molecular weight excluding hydrogens is 236 g/mol. The predicted molar refractivity (Wildman–Crippen MR) is 62.2 cm³/mol. The van der Waals surface area contributed by atoms with Crippen molar-refractivity contribution < 1.29 is 19.8 Å². The van der Waals surface area contributed by atoms with Gasteiger partial charge in [0, 0.05) is 24.4 Å². The van der Waals surface area contributed by atoms with Gasteiger partial charge in [0.05, 0.1) is 0 Å². The zero-order valence-corrected chi connectivity index (χ0v) is 9.67. The van der Waals surface area contributed by atoms with Gasteiger partial charge < -0.3 is 15.5 Å². The van der Waals surface area contributed by atoms with Crippen molar-refractivity contribution in [1.82, 2.24) is 10.3 Å². The van der Waals surface area contributed by atoms with Crippen molar-refractivity contribution in [3.63, 3.8) is 0 Å². The lowest BCUT2D eigenvalue weighted by Gasteiger charge is -2.10. The first kappa shape index (κ1) is 12.5. The molecule has 96 valence electrons. The van der Waals surface area contributed by atoms with E-state index in [1.807, 2.05) is 18.5 Å². The Morgan fingerprint density at radius 2 is 2.11 bits per heavy atom. The number of hydrogen-bond donors (Lipinski definition) is 3. The van der Waals surface area contributed by atoms with Crippen LogP contribution in [0.3, 0.4) is 0 Å². The molecule has 6 nitrogen and oxygen atoms in total. The van der Waals surface area contributed by atoms with Gasteiger partial charge in [-0.1, -0.05) is 6.07 Å². The average Bonchev–Trinajstić information content (AvgIpc) is 2.94. The number of fused-ring (bicyclic) bond motifs is 1. The second kappa shape index (κ2) is 4.73. The Morgan fingerprint density at radius 1 is 1.39 bits per heavy atom. The van der Waals surface area contributed by atoms with Crippen molar-refractivity contribution in [2.45, 2.75) is 11.8 Å². The molecule has 0 radical (unpaired) electrons. The summed E-state index contributed by atoms with van der Waals surface area (Å²) in [4.78, 5) is 22.4. The van der Waals surface area contributed by atoms with Crippen LogP contribution in [0.2, 0.25) is 0 Å². The third-order valence-corrected chi connectivity index (χ3v) is 3.48. The molecule has 1 aliphatic heterocycles. The van der Waals surface area contributed by atoms with Crippen LogP contribution in [0.1, 0.15) is 12.0 Å². The van der Waals surface area contributed by atoms with Gasteiger partial charge in [0.2, 0.25) is 0 Å². The van der Waals surface area contributed by atoms with Gasteiger partial charge in [-0.25, -0.2) is 9.59 Å². The van der Waals surface area contributed by atoms with Crippen LogP contribution in [0.5, 0.6) is 0 Å². The molecule has 18 heavy (non-hydrogen) atoms. The maximum Gasteiger partial charge on any atom is 0.414 e. The number of nitrogens with zero attached hydrogens (tertiary/aromatic N) is 1. The number of carboxylic acid groups (broad SMARTS) is 2. The molecule has 0 aromatic carbocycles. The fraction of sp³-hybridized carbons (Fsp3) is 0.417. The molecule has 2 atom stereocenters. The van der Waals surface area contributed by atoms with Crippen molar-refractivity contribution in [2.24, 2.45) is 5.92 Å². The standard InChI is InChI=1S/C10H12N2.C2H2O4/c1-2-8(5-11-3-1)10-4-9(10)6-12-7-10;3-1(4)2(5)6/h1-3,5,9,12H,4,6-7H2;(H,3,4)(H,5,6). The SMILES string of the molecule is O=C(O)C(=O)O.c1cncc(C23CNCC2C3)c1. The molecule has 0 bridgehead atoms. The lowest BCUT2D eigenvalue weighted by atomic mass is 9.97. The van der Waals surface area contributed by atoms with Crippen LogP contribution in [-0.4, -0.2) is 40.2 Å². The number of piperidine rings is 1. The molecule has 3 N–H and O–H groups in total. The van der Waals surface area contributed by atoms with Gasteiger partial charge >= 0.3 is 11.9 Å². The monoisotopic (exact) mass is 250 g/mol. The van der Waals surface area contributed by atoms with Gasteiger partial charge in [0.25, 0.3) is 0 Å². The summed E-state index contributed by atoms with van der Waals surface area (Å²) in [6, 6.07) is 4.25. The Labute approximate surface area is 104 Å². The van der Waals surface area contributed by atoms with Gasteiger partial charge in [-0.3, -0.25) is 4.98 Å². The fourth-order valence-electron chi connectivity index (χ4n) is 2.45. The highest BCUT2D eigenvalue weighted by Gasteiger charge is 2.58. The molecular formula is C12H14N2O4. The molecule has 1 saturated heterocycles. The minimum atomic E-state index is -1.82. The normalized spacial score (nSPS) is 27.7. The number of aromatic nitrogens is 1. The summed E-state index contributed by atoms with van der Waals surface area (Å²) in [5, 5.41) is 18.2. The Bertz CT molecular complexity index is 450. The van der Waals surface area contributed by atoms with Crippen LogP contribution in [0.4, 0.5) is 0 Å². The fourth-order valence-corrected chi connectivity index (χ4v) is 2.45. The Kier molecular flexibility index (Phi) is 3.29. The molecule has 1 saturated carbocycles. The molecule has 2 fully saturated rings. The number of carboxylic acids is 2. The summed E-state index contributed by atoms with van der Waals surface area (Å²) in [5.74, 6) is -2.76. The largest absolute Gasteiger partial charge is 0.473 e. The van der Waals surface area contributed by atoms with E-state index < -0.39 is 11.9 Å². The molecule has 6 heteroatoms. The highest BCUT2D eigenvalue weighted by Crippen LogP contribution is 2.56. The summed E-state index contributed by atoms with van der Waals surface area (Å²) in [6.45, 7) is 2.36. The lowest BCUT2D eigenvalue weighted by molar-refractivity contribution is -0.159. The van der Waals surface area contributed by atoms with Crippen molar-refractivity contribution >= 4 is 11.9 Å². The third kappa shape index (κ3) is 2.33. The van der Waals surface area contributed by atoms with Crippen molar-refractivity contribution in [3.8, 4) is 0 Å². The highest BCUT2D eigenvalue weighted by atomic mass is 16.4. The molecule has 2 heterocycles. The van der Waals surface area contributed by atoms with Crippen molar-refractivity contribution in [3.05, 3.63) is 30.1 Å². The molecule has 2 aliphatic rings. The maximum absolute atomic E-state index is 9.10. The Morgan fingerprint density at radius 3 is 2.50 bits per heavy atom. The zero-order chi connectivity index (χ0) is 13.2. The van der Waals surface area contributed by atoms with Gasteiger partial charge in [0.1, 0.15) is 0 Å². The van der Waals surface area contributed by atoms with E-state index in [0.717, 1.165) is 12.5 Å².